The molecule has 0 radical (unpaired) electrons. The molecule has 4 rings (SSSR count). The minimum Gasteiger partial charge on any atom is -0.351 e. The third-order valence-corrected chi connectivity index (χ3v) is 7.42. The minimum absolute atomic E-state index is 0.0205. The summed E-state index contributed by atoms with van der Waals surface area (Å²) >= 11 is 0. The van der Waals surface area contributed by atoms with Gasteiger partial charge in [-0.15, -0.1) is 0 Å². The van der Waals surface area contributed by atoms with Gasteiger partial charge in [-0.25, -0.2) is 0 Å². The minimum atomic E-state index is -0.334. The van der Waals surface area contributed by atoms with Crippen LogP contribution in [0.2, 0.25) is 0 Å². The Morgan fingerprint density at radius 2 is 1.62 bits per heavy atom. The van der Waals surface area contributed by atoms with Gasteiger partial charge in [0.2, 0.25) is 11.8 Å². The van der Waals surface area contributed by atoms with Crippen LogP contribution in [0.4, 0.5) is 0 Å². The largest absolute Gasteiger partial charge is 0.351 e. The zero-order valence-corrected chi connectivity index (χ0v) is 23.0. The van der Waals surface area contributed by atoms with Crippen molar-refractivity contribution in [1.82, 2.24) is 15.5 Å². The van der Waals surface area contributed by atoms with E-state index in [2.05, 4.69) is 41.5 Å². The Kier molecular flexibility index (Phi) is 10.8. The van der Waals surface area contributed by atoms with Crippen molar-refractivity contribution in [2.75, 3.05) is 26.2 Å². The van der Waals surface area contributed by atoms with Crippen molar-refractivity contribution in [1.29, 1.82) is 0 Å². The molecule has 1 aliphatic heterocycles. The number of benzene rings is 3. The van der Waals surface area contributed by atoms with Crippen LogP contribution >= 0.6 is 0 Å². The summed E-state index contributed by atoms with van der Waals surface area (Å²) < 4.78 is 0. The number of hydrogen-bond donors (Lipinski definition) is 3. The fraction of sp³-hybridized carbons (Fsp3) is 0.294. The Labute approximate surface area is 238 Å². The van der Waals surface area contributed by atoms with Crippen LogP contribution in [-0.4, -0.2) is 55.0 Å². The smallest absolute Gasteiger partial charge is 0.244 e. The summed E-state index contributed by atoms with van der Waals surface area (Å²) in [6, 6.07) is 28.2. The molecule has 208 valence electrons. The molecule has 6 heteroatoms. The molecule has 1 aliphatic rings. The lowest BCUT2D eigenvalue weighted by Crippen LogP contribution is -2.49. The van der Waals surface area contributed by atoms with E-state index in [9.17, 15) is 9.59 Å². The molecule has 0 aliphatic carbocycles. The van der Waals surface area contributed by atoms with Gasteiger partial charge in [0.15, 0.2) is 0 Å². The van der Waals surface area contributed by atoms with Gasteiger partial charge in [-0.1, -0.05) is 97.6 Å². The van der Waals surface area contributed by atoms with Crippen molar-refractivity contribution in [2.45, 2.75) is 37.3 Å². The lowest BCUT2D eigenvalue weighted by molar-refractivity contribution is -0.133. The first-order valence-electron chi connectivity index (χ1n) is 14.1. The van der Waals surface area contributed by atoms with E-state index < -0.39 is 0 Å². The van der Waals surface area contributed by atoms with E-state index in [0.29, 0.717) is 32.6 Å². The molecule has 2 amide bonds. The van der Waals surface area contributed by atoms with Gasteiger partial charge in [0.05, 0.1) is 6.04 Å². The standard InChI is InChI=1S/C34H40N4O2/c1-2-26-15-17-27(18-16-26)19-20-33(39)36-24-30-21-23-38(34(40)32(37-30)14-9-22-35)25-31(28-10-5-3-6-11-28)29-12-7-4-8-13-29/h2-8,10-13,15-20,30-32,37H,1,9,14,21-25,35H2,(H,36,39)/b20-19+/t30-,32-/m0/s1. The van der Waals surface area contributed by atoms with Gasteiger partial charge >= 0.3 is 0 Å². The molecular weight excluding hydrogens is 496 g/mol. The molecule has 3 aromatic rings. The average Bonchev–Trinajstić information content (AvgIpc) is 3.15. The summed E-state index contributed by atoms with van der Waals surface area (Å²) in [5.41, 5.74) is 10.2. The van der Waals surface area contributed by atoms with Gasteiger partial charge in [-0.05, 0) is 54.1 Å². The molecule has 4 N–H and O–H groups in total. The molecular formula is C34H40N4O2. The maximum atomic E-state index is 13.8. The van der Waals surface area contributed by atoms with E-state index in [0.717, 1.165) is 24.0 Å². The van der Waals surface area contributed by atoms with E-state index >= 15 is 0 Å². The third kappa shape index (κ3) is 8.25. The summed E-state index contributed by atoms with van der Waals surface area (Å²) in [4.78, 5) is 28.3. The highest BCUT2D eigenvalue weighted by Crippen LogP contribution is 2.27. The highest BCUT2D eigenvalue weighted by molar-refractivity contribution is 5.91. The lowest BCUT2D eigenvalue weighted by atomic mass is 9.90. The van der Waals surface area contributed by atoms with Crippen LogP contribution in [0.3, 0.4) is 0 Å². The van der Waals surface area contributed by atoms with Gasteiger partial charge in [0, 0.05) is 37.7 Å². The van der Waals surface area contributed by atoms with Crippen LogP contribution in [0, 0.1) is 0 Å². The SMILES string of the molecule is C=Cc1ccc(/C=C/C(=O)NC[C@@H]2CCN(CC(c3ccccc3)c3ccccc3)C(=O)[C@H](CCCN)N2)cc1. The average molecular weight is 537 g/mol. The third-order valence-electron chi connectivity index (χ3n) is 7.42. The maximum absolute atomic E-state index is 13.8. The fourth-order valence-electron chi connectivity index (χ4n) is 5.14. The number of amides is 2. The summed E-state index contributed by atoms with van der Waals surface area (Å²) in [6.07, 6.45) is 7.30. The highest BCUT2D eigenvalue weighted by atomic mass is 16.2. The summed E-state index contributed by atoms with van der Waals surface area (Å²) in [5.74, 6) is 0.0132. The number of nitrogens with one attached hydrogen (secondary N) is 2. The molecule has 0 spiro atoms. The van der Waals surface area contributed by atoms with Gasteiger partial charge in [0.1, 0.15) is 0 Å². The summed E-state index contributed by atoms with van der Waals surface area (Å²) in [6.45, 7) is 5.95. The summed E-state index contributed by atoms with van der Waals surface area (Å²) in [7, 11) is 0. The number of nitrogens with zero attached hydrogens (tertiary/aromatic N) is 1. The quantitative estimate of drug-likeness (QED) is 0.296. The van der Waals surface area contributed by atoms with E-state index in [-0.39, 0.29) is 29.8 Å². The van der Waals surface area contributed by atoms with Crippen LogP contribution in [0.5, 0.6) is 0 Å². The van der Waals surface area contributed by atoms with Crippen LogP contribution in [0.15, 0.2) is 97.6 Å². The first-order chi connectivity index (χ1) is 19.6. The number of carbonyl (C=O) groups is 2. The van der Waals surface area contributed by atoms with Crippen molar-refractivity contribution < 1.29 is 9.59 Å². The van der Waals surface area contributed by atoms with E-state index in [1.165, 1.54) is 11.1 Å². The molecule has 1 heterocycles. The van der Waals surface area contributed by atoms with E-state index in [1.54, 1.807) is 18.2 Å². The van der Waals surface area contributed by atoms with Crippen molar-refractivity contribution in [3.63, 3.8) is 0 Å². The molecule has 0 aromatic heterocycles. The Morgan fingerprint density at radius 1 is 1.00 bits per heavy atom. The topological polar surface area (TPSA) is 87.5 Å². The van der Waals surface area contributed by atoms with Crippen molar-refractivity contribution in [3.05, 3.63) is 120 Å². The molecule has 0 unspecified atom stereocenters. The molecule has 2 atom stereocenters. The summed E-state index contributed by atoms with van der Waals surface area (Å²) in [5, 5.41) is 6.54. The van der Waals surface area contributed by atoms with Crippen molar-refractivity contribution >= 4 is 24.0 Å². The highest BCUT2D eigenvalue weighted by Gasteiger charge is 2.32. The van der Waals surface area contributed by atoms with Gasteiger partial charge in [-0.2, -0.15) is 0 Å². The first kappa shape index (κ1) is 29.0. The molecule has 0 bridgehead atoms. The Hall–Kier alpha value is -4.00. The second-order valence-electron chi connectivity index (χ2n) is 10.2. The number of nitrogens with two attached hydrogens (primary N) is 1. The van der Waals surface area contributed by atoms with Gasteiger partial charge in [-0.3, -0.25) is 9.59 Å². The Balaban J connectivity index is 1.43. The molecule has 40 heavy (non-hydrogen) atoms. The van der Waals surface area contributed by atoms with Crippen LogP contribution in [0.25, 0.3) is 12.2 Å². The predicted molar refractivity (Wildman–Crippen MR) is 164 cm³/mol. The van der Waals surface area contributed by atoms with Crippen LogP contribution < -0.4 is 16.4 Å². The van der Waals surface area contributed by atoms with Crippen molar-refractivity contribution in [2.24, 2.45) is 5.73 Å². The van der Waals surface area contributed by atoms with Gasteiger partial charge < -0.3 is 21.3 Å². The zero-order valence-electron chi connectivity index (χ0n) is 23.0. The Morgan fingerprint density at radius 3 is 2.23 bits per heavy atom. The molecule has 1 saturated heterocycles. The number of hydrogen-bond acceptors (Lipinski definition) is 4. The van der Waals surface area contributed by atoms with Crippen molar-refractivity contribution in [3.8, 4) is 0 Å². The monoisotopic (exact) mass is 536 g/mol. The number of carbonyl (C=O) groups excluding carboxylic acids is 2. The zero-order chi connectivity index (χ0) is 28.2. The van der Waals surface area contributed by atoms with E-state index in [1.807, 2.05) is 65.6 Å². The number of rotatable bonds is 12. The normalized spacial score (nSPS) is 17.6. The maximum Gasteiger partial charge on any atom is 0.244 e. The first-order valence-corrected chi connectivity index (χ1v) is 14.1. The molecule has 0 saturated carbocycles. The van der Waals surface area contributed by atoms with Crippen LogP contribution in [-0.2, 0) is 9.59 Å². The van der Waals surface area contributed by atoms with Gasteiger partial charge in [0.25, 0.3) is 0 Å². The van der Waals surface area contributed by atoms with E-state index in [4.69, 9.17) is 5.73 Å². The lowest BCUT2D eigenvalue weighted by Gasteiger charge is -2.29. The second-order valence-corrected chi connectivity index (χ2v) is 10.2. The molecule has 3 aromatic carbocycles. The fourth-order valence-corrected chi connectivity index (χ4v) is 5.14. The Bertz CT molecular complexity index is 1220. The molecule has 6 nitrogen and oxygen atoms in total. The predicted octanol–water partition coefficient (Wildman–Crippen LogP) is 4.59. The second kappa shape index (κ2) is 15.0. The molecule has 1 fully saturated rings. The van der Waals surface area contributed by atoms with Crippen LogP contribution in [0.1, 0.15) is 47.4 Å².